The molecule has 0 radical (unpaired) electrons. The van der Waals surface area contributed by atoms with Crippen molar-refractivity contribution in [2.45, 2.75) is 0 Å². The lowest BCUT2D eigenvalue weighted by Gasteiger charge is -2.14. The highest BCUT2D eigenvalue weighted by Crippen LogP contribution is 2.26. The van der Waals surface area contributed by atoms with E-state index in [2.05, 4.69) is 10.6 Å². The predicted octanol–water partition coefficient (Wildman–Crippen LogP) is 3.86. The number of benzene rings is 2. The summed E-state index contributed by atoms with van der Waals surface area (Å²) >= 11 is 9.04. The van der Waals surface area contributed by atoms with Gasteiger partial charge in [0.05, 0.1) is 11.3 Å². The van der Waals surface area contributed by atoms with Gasteiger partial charge in [-0.3, -0.25) is 10.1 Å². The summed E-state index contributed by atoms with van der Waals surface area (Å²) in [6.45, 7) is 0. The van der Waals surface area contributed by atoms with Crippen molar-refractivity contribution < 1.29 is 19.1 Å². The molecule has 0 saturated carbocycles. The Morgan fingerprint density at radius 3 is 2.50 bits per heavy atom. The first-order valence-electron chi connectivity index (χ1n) is 6.38. The van der Waals surface area contributed by atoms with Crippen LogP contribution in [0.1, 0.15) is 20.7 Å². The molecule has 0 saturated heterocycles. The van der Waals surface area contributed by atoms with Crippen LogP contribution in [-0.2, 0) is 0 Å². The van der Waals surface area contributed by atoms with Gasteiger partial charge in [0.15, 0.2) is 5.11 Å². The van der Waals surface area contributed by atoms with E-state index in [1.54, 1.807) is 6.07 Å². The topological polar surface area (TPSA) is 78.4 Å². The molecule has 0 bridgehead atoms. The van der Waals surface area contributed by atoms with Gasteiger partial charge < -0.3 is 10.4 Å². The molecule has 2 rings (SSSR count). The van der Waals surface area contributed by atoms with Crippen molar-refractivity contribution in [1.29, 1.82) is 0 Å². The molecular weight excluding hydrogens is 561 g/mol. The van der Waals surface area contributed by atoms with Crippen LogP contribution in [0.5, 0.6) is 0 Å². The van der Waals surface area contributed by atoms with E-state index in [1.807, 2.05) is 45.2 Å². The fourth-order valence-electron chi connectivity index (χ4n) is 1.82. The highest BCUT2D eigenvalue weighted by atomic mass is 127. The van der Waals surface area contributed by atoms with Crippen LogP contribution in [0.2, 0.25) is 0 Å². The molecular formula is C15H9FI2N2O3S. The molecule has 1 amide bonds. The second kappa shape index (κ2) is 8.16. The monoisotopic (exact) mass is 570 g/mol. The molecule has 24 heavy (non-hydrogen) atoms. The third kappa shape index (κ3) is 4.83. The Balaban J connectivity index is 2.18. The van der Waals surface area contributed by atoms with Gasteiger partial charge in [-0.1, -0.05) is 6.07 Å². The molecule has 0 atom stereocenters. The molecule has 9 heteroatoms. The largest absolute Gasteiger partial charge is 0.478 e. The van der Waals surface area contributed by atoms with Crippen molar-refractivity contribution in [3.05, 3.63) is 60.5 Å². The molecule has 5 nitrogen and oxygen atoms in total. The van der Waals surface area contributed by atoms with Crippen molar-refractivity contribution in [3.8, 4) is 0 Å². The van der Waals surface area contributed by atoms with Gasteiger partial charge in [0.1, 0.15) is 5.82 Å². The molecule has 0 spiro atoms. The zero-order chi connectivity index (χ0) is 17.9. The minimum atomic E-state index is -1.12. The Labute approximate surface area is 169 Å². The number of carbonyl (C=O) groups is 2. The molecule has 0 heterocycles. The highest BCUT2D eigenvalue weighted by Gasteiger charge is 2.17. The lowest BCUT2D eigenvalue weighted by molar-refractivity contribution is 0.0697. The summed E-state index contributed by atoms with van der Waals surface area (Å²) in [7, 11) is 0. The number of nitrogens with one attached hydrogen (secondary N) is 2. The lowest BCUT2D eigenvalue weighted by atomic mass is 10.2. The van der Waals surface area contributed by atoms with Crippen LogP contribution in [0, 0.1) is 13.0 Å². The quantitative estimate of drug-likeness (QED) is 0.386. The van der Waals surface area contributed by atoms with E-state index in [0.717, 1.165) is 9.64 Å². The number of carbonyl (C=O) groups excluding carboxylic acids is 1. The second-order valence-corrected chi connectivity index (χ2v) is 7.35. The summed E-state index contributed by atoms with van der Waals surface area (Å²) in [5.41, 5.74) is 0.427. The number of hydrogen-bond donors (Lipinski definition) is 3. The number of aromatic carboxylic acids is 1. The summed E-state index contributed by atoms with van der Waals surface area (Å²) in [4.78, 5) is 23.4. The third-order valence-corrected chi connectivity index (χ3v) is 4.52. The second-order valence-electron chi connectivity index (χ2n) is 4.53. The van der Waals surface area contributed by atoms with E-state index in [9.17, 15) is 19.1 Å². The molecule has 0 unspecified atom stereocenters. The third-order valence-electron chi connectivity index (χ3n) is 2.84. The number of hydrogen-bond acceptors (Lipinski definition) is 3. The lowest BCUT2D eigenvalue weighted by Crippen LogP contribution is -2.34. The summed E-state index contributed by atoms with van der Waals surface area (Å²) in [6.07, 6.45) is 0. The molecule has 124 valence electrons. The number of rotatable bonds is 3. The maximum atomic E-state index is 13.1. The summed E-state index contributed by atoms with van der Waals surface area (Å²) in [5, 5.41) is 14.3. The minimum absolute atomic E-state index is 0.0358. The van der Waals surface area contributed by atoms with Crippen molar-refractivity contribution >= 4 is 80.1 Å². The Morgan fingerprint density at radius 2 is 1.88 bits per heavy atom. The van der Waals surface area contributed by atoms with Gasteiger partial charge in [0.2, 0.25) is 0 Å². The molecule has 0 aliphatic carbocycles. The van der Waals surface area contributed by atoms with Gasteiger partial charge in [-0.2, -0.15) is 0 Å². The molecule has 0 aromatic heterocycles. The number of carboxylic acid groups (broad SMARTS) is 1. The number of thiocarbonyl (C=S) groups is 1. The average molecular weight is 570 g/mol. The SMILES string of the molecule is O=C(NC(=S)Nc1c(I)cc(I)cc1C(=O)O)c1cccc(F)c1. The van der Waals surface area contributed by atoms with Crippen molar-refractivity contribution in [3.63, 3.8) is 0 Å². The van der Waals surface area contributed by atoms with Crippen molar-refractivity contribution in [2.75, 3.05) is 5.32 Å². The number of amides is 1. The summed E-state index contributed by atoms with van der Waals surface area (Å²) < 4.78 is 14.5. The van der Waals surface area contributed by atoms with Crippen LogP contribution in [0.3, 0.4) is 0 Å². The Bertz CT molecular complexity index is 845. The molecule has 0 fully saturated rings. The molecule has 2 aromatic rings. The van der Waals surface area contributed by atoms with Gasteiger partial charge in [0, 0.05) is 12.7 Å². The highest BCUT2D eigenvalue weighted by molar-refractivity contribution is 14.1. The first-order valence-corrected chi connectivity index (χ1v) is 8.94. The summed E-state index contributed by atoms with van der Waals surface area (Å²) in [5.74, 6) is -2.25. The first kappa shape index (κ1) is 19.0. The van der Waals surface area contributed by atoms with Gasteiger partial charge in [0.25, 0.3) is 5.91 Å². The molecule has 0 aliphatic heterocycles. The number of carboxylic acids is 1. The van der Waals surface area contributed by atoms with E-state index in [4.69, 9.17) is 12.2 Å². The fraction of sp³-hybridized carbons (Fsp3) is 0. The predicted molar refractivity (Wildman–Crippen MR) is 109 cm³/mol. The van der Waals surface area contributed by atoms with Gasteiger partial charge in [-0.25, -0.2) is 9.18 Å². The van der Waals surface area contributed by atoms with Crippen LogP contribution in [0.4, 0.5) is 10.1 Å². The number of anilines is 1. The maximum Gasteiger partial charge on any atom is 0.337 e. The van der Waals surface area contributed by atoms with E-state index in [0.29, 0.717) is 3.57 Å². The molecule has 2 aromatic carbocycles. The van der Waals surface area contributed by atoms with Crippen LogP contribution in [0.15, 0.2) is 36.4 Å². The Hall–Kier alpha value is -1.34. The van der Waals surface area contributed by atoms with Crippen molar-refractivity contribution in [2.24, 2.45) is 0 Å². The van der Waals surface area contributed by atoms with Gasteiger partial charge in [-0.05, 0) is 87.7 Å². The van der Waals surface area contributed by atoms with Crippen LogP contribution in [0.25, 0.3) is 0 Å². The number of halogens is 3. The normalized spacial score (nSPS) is 10.1. The van der Waals surface area contributed by atoms with Gasteiger partial charge in [-0.15, -0.1) is 0 Å². The van der Waals surface area contributed by atoms with E-state index < -0.39 is 17.7 Å². The first-order chi connectivity index (χ1) is 11.3. The Morgan fingerprint density at radius 1 is 1.17 bits per heavy atom. The smallest absolute Gasteiger partial charge is 0.337 e. The molecule has 3 N–H and O–H groups in total. The minimum Gasteiger partial charge on any atom is -0.478 e. The van der Waals surface area contributed by atoms with E-state index in [1.165, 1.54) is 24.3 Å². The van der Waals surface area contributed by atoms with Crippen LogP contribution in [-0.4, -0.2) is 22.1 Å². The zero-order valence-electron chi connectivity index (χ0n) is 11.8. The van der Waals surface area contributed by atoms with Gasteiger partial charge >= 0.3 is 5.97 Å². The average Bonchev–Trinajstić information content (AvgIpc) is 2.49. The maximum absolute atomic E-state index is 13.1. The summed E-state index contributed by atoms with van der Waals surface area (Å²) in [6, 6.07) is 8.41. The van der Waals surface area contributed by atoms with Crippen LogP contribution < -0.4 is 10.6 Å². The van der Waals surface area contributed by atoms with E-state index in [-0.39, 0.29) is 21.9 Å². The van der Waals surface area contributed by atoms with E-state index >= 15 is 0 Å². The Kier molecular flexibility index (Phi) is 6.46. The fourth-order valence-corrected chi connectivity index (χ4v) is 3.99. The molecule has 0 aliphatic rings. The van der Waals surface area contributed by atoms with Crippen LogP contribution >= 0.6 is 57.4 Å². The van der Waals surface area contributed by atoms with Crippen molar-refractivity contribution in [1.82, 2.24) is 5.32 Å². The standard InChI is InChI=1S/C15H9FI2N2O3S/c16-8-3-1-2-7(4-8)13(21)20-15(24)19-12-10(14(22)23)5-9(17)6-11(12)18/h1-6H,(H,22,23)(H2,19,20,21,24). The zero-order valence-corrected chi connectivity index (χ0v) is 16.9.